The molecule has 0 aliphatic carbocycles. The lowest BCUT2D eigenvalue weighted by molar-refractivity contribution is 0.0222. The van der Waals surface area contributed by atoms with Gasteiger partial charge in [-0.15, -0.1) is 0 Å². The zero-order valence-electron chi connectivity index (χ0n) is 17.0. The number of anilines is 2. The van der Waals surface area contributed by atoms with Gasteiger partial charge in [0.1, 0.15) is 5.60 Å². The van der Waals surface area contributed by atoms with Gasteiger partial charge >= 0.3 is 6.09 Å². The Morgan fingerprint density at radius 1 is 1.21 bits per heavy atom. The van der Waals surface area contributed by atoms with Crippen LogP contribution in [0.2, 0.25) is 0 Å². The molecule has 2 aromatic rings. The van der Waals surface area contributed by atoms with E-state index in [9.17, 15) is 9.59 Å². The minimum Gasteiger partial charge on any atom is -0.444 e. The van der Waals surface area contributed by atoms with E-state index in [1.54, 1.807) is 4.90 Å². The summed E-state index contributed by atoms with van der Waals surface area (Å²) < 4.78 is 5.45. The molecule has 0 fully saturated rings. The highest BCUT2D eigenvalue weighted by Gasteiger charge is 2.30. The molecule has 0 spiro atoms. The second-order valence-corrected chi connectivity index (χ2v) is 8.08. The molecule has 1 aliphatic rings. The molecule has 28 heavy (non-hydrogen) atoms. The maximum atomic E-state index is 12.7. The molecule has 8 heteroatoms. The number of amides is 2. The van der Waals surface area contributed by atoms with E-state index >= 15 is 0 Å². The highest BCUT2D eigenvalue weighted by molar-refractivity contribution is 6.04. The largest absolute Gasteiger partial charge is 0.444 e. The number of nitrogens with zero attached hydrogens (tertiary/aromatic N) is 3. The molecular weight excluding hydrogens is 358 g/mol. The molecule has 1 aromatic heterocycles. The fourth-order valence-electron chi connectivity index (χ4n) is 3.00. The van der Waals surface area contributed by atoms with E-state index in [-0.39, 0.29) is 12.0 Å². The van der Waals surface area contributed by atoms with Crippen molar-refractivity contribution in [3.05, 3.63) is 41.2 Å². The topological polar surface area (TPSA) is 90.6 Å². The maximum absolute atomic E-state index is 12.7. The van der Waals surface area contributed by atoms with Crippen molar-refractivity contribution >= 4 is 23.4 Å². The van der Waals surface area contributed by atoms with E-state index < -0.39 is 5.60 Å². The van der Waals surface area contributed by atoms with Gasteiger partial charge in [-0.2, -0.15) is 5.10 Å². The van der Waals surface area contributed by atoms with Crippen molar-refractivity contribution in [2.24, 2.45) is 0 Å². The lowest BCUT2D eigenvalue weighted by Crippen LogP contribution is -2.40. The highest BCUT2D eigenvalue weighted by Crippen LogP contribution is 2.23. The van der Waals surface area contributed by atoms with Crippen LogP contribution in [0.4, 0.5) is 16.2 Å². The van der Waals surface area contributed by atoms with Gasteiger partial charge < -0.3 is 19.9 Å². The number of benzene rings is 1. The Morgan fingerprint density at radius 3 is 2.50 bits per heavy atom. The van der Waals surface area contributed by atoms with Gasteiger partial charge in [0, 0.05) is 49.7 Å². The maximum Gasteiger partial charge on any atom is 0.410 e. The Kier molecular flexibility index (Phi) is 5.31. The second kappa shape index (κ2) is 7.53. The van der Waals surface area contributed by atoms with Crippen molar-refractivity contribution in [1.82, 2.24) is 15.1 Å². The summed E-state index contributed by atoms with van der Waals surface area (Å²) in [5, 5.41) is 9.98. The van der Waals surface area contributed by atoms with Crippen LogP contribution in [-0.4, -0.2) is 53.3 Å². The van der Waals surface area contributed by atoms with Gasteiger partial charge in [-0.25, -0.2) is 4.79 Å². The first-order chi connectivity index (χ1) is 13.1. The number of carbonyl (C=O) groups is 2. The van der Waals surface area contributed by atoms with Crippen molar-refractivity contribution in [3.8, 4) is 0 Å². The lowest BCUT2D eigenvalue weighted by Gasteiger charge is -2.30. The quantitative estimate of drug-likeness (QED) is 0.848. The van der Waals surface area contributed by atoms with Crippen LogP contribution in [0.3, 0.4) is 0 Å². The number of hydrogen-bond acceptors (Lipinski definition) is 5. The van der Waals surface area contributed by atoms with Crippen molar-refractivity contribution in [1.29, 1.82) is 0 Å². The molecule has 0 saturated carbocycles. The van der Waals surface area contributed by atoms with E-state index in [2.05, 4.69) is 15.5 Å². The molecule has 0 radical (unpaired) electrons. The minimum absolute atomic E-state index is 0.295. The van der Waals surface area contributed by atoms with E-state index in [4.69, 9.17) is 4.74 Å². The first kappa shape index (κ1) is 19.7. The van der Waals surface area contributed by atoms with Crippen molar-refractivity contribution in [2.75, 3.05) is 30.9 Å². The third-order valence-electron chi connectivity index (χ3n) is 4.44. The predicted molar refractivity (Wildman–Crippen MR) is 108 cm³/mol. The van der Waals surface area contributed by atoms with Crippen LogP contribution in [0.25, 0.3) is 0 Å². The SMILES string of the molecule is CN(C)c1ccc(NC(=O)c2n[nH]c3c2CN(C(=O)OC(C)(C)C)CC3)cc1. The van der Waals surface area contributed by atoms with Crippen molar-refractivity contribution < 1.29 is 14.3 Å². The fraction of sp³-hybridized carbons (Fsp3) is 0.450. The summed E-state index contributed by atoms with van der Waals surface area (Å²) in [7, 11) is 3.92. The molecule has 0 atom stereocenters. The minimum atomic E-state index is -0.563. The van der Waals surface area contributed by atoms with Gasteiger partial charge in [0.2, 0.25) is 0 Å². The van der Waals surface area contributed by atoms with Crippen LogP contribution in [-0.2, 0) is 17.7 Å². The smallest absolute Gasteiger partial charge is 0.410 e. The normalized spacial score (nSPS) is 13.7. The number of H-pyrrole nitrogens is 1. The second-order valence-electron chi connectivity index (χ2n) is 8.08. The molecule has 0 unspecified atom stereocenters. The first-order valence-electron chi connectivity index (χ1n) is 9.27. The summed E-state index contributed by atoms with van der Waals surface area (Å²) in [6.07, 6.45) is 0.219. The van der Waals surface area contributed by atoms with Crippen LogP contribution in [0, 0.1) is 0 Å². The van der Waals surface area contributed by atoms with Crippen LogP contribution in [0.15, 0.2) is 24.3 Å². The molecule has 2 N–H and O–H groups in total. The van der Waals surface area contributed by atoms with E-state index in [0.717, 1.165) is 16.9 Å². The molecule has 2 heterocycles. The summed E-state index contributed by atoms with van der Waals surface area (Å²) >= 11 is 0. The Hall–Kier alpha value is -3.03. The molecule has 150 valence electrons. The van der Waals surface area contributed by atoms with E-state index in [0.29, 0.717) is 30.9 Å². The number of ether oxygens (including phenoxy) is 1. The van der Waals surface area contributed by atoms with Gasteiger partial charge in [0.25, 0.3) is 5.91 Å². The summed E-state index contributed by atoms with van der Waals surface area (Å²) in [5.41, 5.74) is 3.09. The average Bonchev–Trinajstić information content (AvgIpc) is 3.04. The number of hydrogen-bond donors (Lipinski definition) is 2. The number of nitrogens with one attached hydrogen (secondary N) is 2. The van der Waals surface area contributed by atoms with Crippen LogP contribution in [0.5, 0.6) is 0 Å². The van der Waals surface area contributed by atoms with Crippen molar-refractivity contribution in [3.63, 3.8) is 0 Å². The lowest BCUT2D eigenvalue weighted by atomic mass is 10.1. The Bertz CT molecular complexity index is 865. The van der Waals surface area contributed by atoms with E-state index in [1.807, 2.05) is 64.0 Å². The van der Waals surface area contributed by atoms with Crippen LogP contribution < -0.4 is 10.2 Å². The van der Waals surface area contributed by atoms with Gasteiger partial charge in [-0.1, -0.05) is 0 Å². The Morgan fingerprint density at radius 2 is 1.89 bits per heavy atom. The molecule has 2 amide bonds. The van der Waals surface area contributed by atoms with Gasteiger partial charge in [-0.05, 0) is 45.0 Å². The molecule has 0 saturated heterocycles. The number of aromatic nitrogens is 2. The Labute approximate surface area is 164 Å². The molecular formula is C20H27N5O3. The molecule has 8 nitrogen and oxygen atoms in total. The molecule has 1 aromatic carbocycles. The van der Waals surface area contributed by atoms with E-state index in [1.165, 1.54) is 0 Å². The van der Waals surface area contributed by atoms with Crippen LogP contribution >= 0.6 is 0 Å². The third-order valence-corrected chi connectivity index (χ3v) is 4.44. The zero-order valence-corrected chi connectivity index (χ0v) is 17.0. The van der Waals surface area contributed by atoms with Gasteiger partial charge in [0.15, 0.2) is 5.69 Å². The number of aromatic amines is 1. The standard InChI is InChI=1S/C20H27N5O3/c1-20(2,3)28-19(27)25-11-10-16-15(12-25)17(23-22-16)18(26)21-13-6-8-14(9-7-13)24(4)5/h6-9H,10-12H2,1-5H3,(H,21,26)(H,22,23). The zero-order chi connectivity index (χ0) is 20.5. The van der Waals surface area contributed by atoms with Crippen molar-refractivity contribution in [2.45, 2.75) is 39.3 Å². The summed E-state index contributed by atoms with van der Waals surface area (Å²) in [6.45, 7) is 6.32. The summed E-state index contributed by atoms with van der Waals surface area (Å²) in [5.74, 6) is -0.304. The number of carbonyl (C=O) groups excluding carboxylic acids is 2. The molecule has 3 rings (SSSR count). The summed E-state index contributed by atoms with van der Waals surface area (Å²) in [6, 6.07) is 7.55. The number of fused-ring (bicyclic) bond motifs is 1. The fourth-order valence-corrected chi connectivity index (χ4v) is 3.00. The monoisotopic (exact) mass is 385 g/mol. The van der Waals surface area contributed by atoms with Gasteiger partial charge in [-0.3, -0.25) is 9.89 Å². The predicted octanol–water partition coefficient (Wildman–Crippen LogP) is 3.02. The average molecular weight is 385 g/mol. The Balaban J connectivity index is 1.72. The third kappa shape index (κ3) is 4.44. The highest BCUT2D eigenvalue weighted by atomic mass is 16.6. The number of rotatable bonds is 3. The van der Waals surface area contributed by atoms with Gasteiger partial charge in [0.05, 0.1) is 6.54 Å². The first-order valence-corrected chi connectivity index (χ1v) is 9.27. The molecule has 1 aliphatic heterocycles. The van der Waals surface area contributed by atoms with Crippen LogP contribution in [0.1, 0.15) is 42.5 Å². The summed E-state index contributed by atoms with van der Waals surface area (Å²) in [4.78, 5) is 28.7. The molecule has 0 bridgehead atoms.